The van der Waals surface area contributed by atoms with Crippen LogP contribution in [-0.4, -0.2) is 51.9 Å². The van der Waals surface area contributed by atoms with Crippen LogP contribution in [0.5, 0.6) is 0 Å². The third-order valence-electron chi connectivity index (χ3n) is 7.65. The second-order valence-corrected chi connectivity index (χ2v) is 9.86. The van der Waals surface area contributed by atoms with Gasteiger partial charge in [-0.3, -0.25) is 14.3 Å². The lowest BCUT2D eigenvalue weighted by atomic mass is 9.90. The number of H-pyrrole nitrogens is 1. The summed E-state index contributed by atoms with van der Waals surface area (Å²) < 4.78 is 7.51. The summed E-state index contributed by atoms with van der Waals surface area (Å²) in [5.74, 6) is 0.411. The number of aryl methyl sites for hydroxylation is 1. The number of nitrogens with zero attached hydrogens (tertiary/aromatic N) is 3. The molecule has 0 bridgehead atoms. The molecule has 4 heterocycles. The zero-order chi connectivity index (χ0) is 23.9. The maximum Gasteiger partial charge on any atom is 0.259 e. The van der Waals surface area contributed by atoms with Gasteiger partial charge < -0.3 is 14.6 Å². The quantitative estimate of drug-likeness (QED) is 0.476. The maximum atomic E-state index is 13.8. The molecule has 1 atom stereocenters. The standard InChI is InChI=1S/C28H30N4O3/c1-18-14-25-23(26-24(27(33)30-25)16-29-32(26)21-9-12-35-13-10-21)15-22(18)28(34)31-11-5-8-20(17-31)19-6-3-2-4-7-19/h2-4,6-7,14-16,20-21H,5,8-13,17H2,1H3,(H,30,33). The summed E-state index contributed by atoms with van der Waals surface area (Å²) in [7, 11) is 0. The Morgan fingerprint density at radius 3 is 2.69 bits per heavy atom. The summed E-state index contributed by atoms with van der Waals surface area (Å²) in [5.41, 5.74) is 4.26. The molecule has 6 rings (SSSR count). The Balaban J connectivity index is 1.41. The van der Waals surface area contributed by atoms with Gasteiger partial charge in [-0.25, -0.2) is 0 Å². The molecule has 2 aromatic heterocycles. The van der Waals surface area contributed by atoms with E-state index in [9.17, 15) is 9.59 Å². The van der Waals surface area contributed by atoms with E-state index in [1.54, 1.807) is 6.20 Å². The highest BCUT2D eigenvalue weighted by Gasteiger charge is 2.27. The fourth-order valence-electron chi connectivity index (χ4n) is 5.76. The number of benzene rings is 2. The van der Waals surface area contributed by atoms with Gasteiger partial charge in [0, 0.05) is 43.2 Å². The van der Waals surface area contributed by atoms with E-state index in [4.69, 9.17) is 4.74 Å². The number of nitrogens with one attached hydrogen (secondary N) is 1. The van der Waals surface area contributed by atoms with Crippen LogP contribution in [-0.2, 0) is 4.74 Å². The van der Waals surface area contributed by atoms with Crippen molar-refractivity contribution in [2.75, 3.05) is 26.3 Å². The molecule has 7 nitrogen and oxygen atoms in total. The van der Waals surface area contributed by atoms with Crippen LogP contribution in [0.15, 0.2) is 53.5 Å². The average Bonchev–Trinajstić information content (AvgIpc) is 3.35. The van der Waals surface area contributed by atoms with E-state index >= 15 is 0 Å². The average molecular weight is 471 g/mol. The number of aromatic amines is 1. The van der Waals surface area contributed by atoms with Crippen LogP contribution >= 0.6 is 0 Å². The Morgan fingerprint density at radius 1 is 1.09 bits per heavy atom. The summed E-state index contributed by atoms with van der Waals surface area (Å²) in [6.45, 7) is 4.81. The molecule has 0 radical (unpaired) electrons. The lowest BCUT2D eigenvalue weighted by Gasteiger charge is -2.33. The highest BCUT2D eigenvalue weighted by molar-refractivity contribution is 6.07. The van der Waals surface area contributed by atoms with Gasteiger partial charge in [0.25, 0.3) is 11.5 Å². The molecule has 2 aliphatic heterocycles. The number of pyridine rings is 1. The molecule has 4 aromatic rings. The first-order chi connectivity index (χ1) is 17.1. The number of hydrogen-bond acceptors (Lipinski definition) is 4. The molecule has 1 amide bonds. The Hall–Kier alpha value is -3.45. The largest absolute Gasteiger partial charge is 0.381 e. The molecule has 0 aliphatic carbocycles. The van der Waals surface area contributed by atoms with Crippen LogP contribution in [0.4, 0.5) is 0 Å². The first kappa shape index (κ1) is 22.0. The lowest BCUT2D eigenvalue weighted by molar-refractivity contribution is 0.0675. The van der Waals surface area contributed by atoms with Crippen molar-refractivity contribution in [3.8, 4) is 0 Å². The van der Waals surface area contributed by atoms with Crippen molar-refractivity contribution in [1.29, 1.82) is 0 Å². The van der Waals surface area contributed by atoms with Crippen molar-refractivity contribution < 1.29 is 9.53 Å². The van der Waals surface area contributed by atoms with Gasteiger partial charge >= 0.3 is 0 Å². The van der Waals surface area contributed by atoms with E-state index in [0.717, 1.165) is 60.8 Å². The van der Waals surface area contributed by atoms with E-state index < -0.39 is 0 Å². The summed E-state index contributed by atoms with van der Waals surface area (Å²) in [6.07, 6.45) is 5.46. The number of fused-ring (bicyclic) bond motifs is 3. The van der Waals surface area contributed by atoms with Gasteiger partial charge in [-0.1, -0.05) is 30.3 Å². The van der Waals surface area contributed by atoms with Crippen molar-refractivity contribution in [3.63, 3.8) is 0 Å². The minimum Gasteiger partial charge on any atom is -0.381 e. The van der Waals surface area contributed by atoms with Gasteiger partial charge in [0.05, 0.1) is 28.7 Å². The number of likely N-dealkylation sites (tertiary alicyclic amines) is 1. The fraction of sp³-hybridized carbons (Fsp3) is 0.393. The molecule has 35 heavy (non-hydrogen) atoms. The van der Waals surface area contributed by atoms with E-state index in [0.29, 0.717) is 30.1 Å². The lowest BCUT2D eigenvalue weighted by Crippen LogP contribution is -2.39. The SMILES string of the molecule is Cc1cc2[nH]c(=O)c3cnn(C4CCOCC4)c3c2cc1C(=O)N1CCCC(c2ccccc2)C1. The van der Waals surface area contributed by atoms with Gasteiger partial charge in [0.1, 0.15) is 0 Å². The van der Waals surface area contributed by atoms with Crippen molar-refractivity contribution in [2.24, 2.45) is 0 Å². The second-order valence-electron chi connectivity index (χ2n) is 9.86. The monoisotopic (exact) mass is 470 g/mol. The van der Waals surface area contributed by atoms with Gasteiger partial charge in [-0.15, -0.1) is 0 Å². The summed E-state index contributed by atoms with van der Waals surface area (Å²) in [5, 5.41) is 6.04. The van der Waals surface area contributed by atoms with Crippen molar-refractivity contribution in [2.45, 2.75) is 44.6 Å². The number of carbonyl (C=O) groups is 1. The van der Waals surface area contributed by atoms with Gasteiger partial charge in [-0.05, 0) is 55.9 Å². The van der Waals surface area contributed by atoms with E-state index in [2.05, 4.69) is 34.3 Å². The van der Waals surface area contributed by atoms with E-state index in [1.807, 2.05) is 34.7 Å². The van der Waals surface area contributed by atoms with Crippen LogP contribution < -0.4 is 5.56 Å². The molecule has 2 aromatic carbocycles. The molecular weight excluding hydrogens is 440 g/mol. The Bertz CT molecular complexity index is 1450. The predicted octanol–water partition coefficient (Wildman–Crippen LogP) is 4.56. The van der Waals surface area contributed by atoms with Crippen LogP contribution in [0.1, 0.15) is 59.1 Å². The Kier molecular flexibility index (Phi) is 5.65. The fourth-order valence-corrected chi connectivity index (χ4v) is 5.76. The molecule has 1 unspecified atom stereocenters. The van der Waals surface area contributed by atoms with Crippen molar-refractivity contribution in [1.82, 2.24) is 19.7 Å². The zero-order valence-electron chi connectivity index (χ0n) is 20.0. The van der Waals surface area contributed by atoms with Gasteiger partial charge in [0.15, 0.2) is 0 Å². The van der Waals surface area contributed by atoms with Gasteiger partial charge in [-0.2, -0.15) is 5.10 Å². The zero-order valence-corrected chi connectivity index (χ0v) is 20.0. The highest BCUT2D eigenvalue weighted by Crippen LogP contribution is 2.32. The number of carbonyl (C=O) groups excluding carboxylic acids is 1. The molecule has 2 fully saturated rings. The molecule has 1 N–H and O–H groups in total. The topological polar surface area (TPSA) is 80.2 Å². The van der Waals surface area contributed by atoms with Gasteiger partial charge in [0.2, 0.25) is 0 Å². The first-order valence-corrected chi connectivity index (χ1v) is 12.6. The number of rotatable bonds is 3. The molecule has 180 valence electrons. The minimum absolute atomic E-state index is 0.0570. The number of ether oxygens (including phenoxy) is 1. The normalized spacial score (nSPS) is 19.5. The smallest absolute Gasteiger partial charge is 0.259 e. The van der Waals surface area contributed by atoms with Crippen molar-refractivity contribution in [3.05, 3.63) is 75.7 Å². The molecule has 0 saturated carbocycles. The summed E-state index contributed by atoms with van der Waals surface area (Å²) in [6, 6.07) is 14.6. The van der Waals surface area contributed by atoms with Crippen LogP contribution in [0.2, 0.25) is 0 Å². The highest BCUT2D eigenvalue weighted by atomic mass is 16.5. The molecule has 0 spiro atoms. The molecule has 7 heteroatoms. The van der Waals surface area contributed by atoms with E-state index in [1.165, 1.54) is 5.56 Å². The molecule has 2 aliphatic rings. The second kappa shape index (κ2) is 8.96. The van der Waals surface area contributed by atoms with E-state index in [-0.39, 0.29) is 17.5 Å². The summed E-state index contributed by atoms with van der Waals surface area (Å²) in [4.78, 5) is 31.6. The predicted molar refractivity (Wildman–Crippen MR) is 136 cm³/mol. The number of amides is 1. The molecule has 2 saturated heterocycles. The van der Waals surface area contributed by atoms with Crippen LogP contribution in [0, 0.1) is 6.92 Å². The Labute approximate surface area is 203 Å². The number of hydrogen-bond donors (Lipinski definition) is 1. The van der Waals surface area contributed by atoms with Crippen molar-refractivity contribution >= 4 is 27.7 Å². The third-order valence-corrected chi connectivity index (χ3v) is 7.65. The maximum absolute atomic E-state index is 13.8. The van der Waals surface area contributed by atoms with Crippen LogP contribution in [0.25, 0.3) is 21.8 Å². The number of aromatic nitrogens is 3. The Morgan fingerprint density at radius 2 is 1.89 bits per heavy atom. The third kappa shape index (κ3) is 3.93. The first-order valence-electron chi connectivity index (χ1n) is 12.6. The molecular formula is C28H30N4O3. The summed E-state index contributed by atoms with van der Waals surface area (Å²) >= 11 is 0. The van der Waals surface area contributed by atoms with Crippen LogP contribution in [0.3, 0.4) is 0 Å². The minimum atomic E-state index is -0.147. The number of piperidine rings is 1.